The Labute approximate surface area is 98.0 Å². The fraction of sp³-hybridized carbons (Fsp3) is 0.700. The van der Waals surface area contributed by atoms with Gasteiger partial charge >= 0.3 is 5.97 Å². The first-order valence-corrected chi connectivity index (χ1v) is 5.37. The zero-order chi connectivity index (χ0) is 12.4. The van der Waals surface area contributed by atoms with E-state index in [0.717, 1.165) is 0 Å². The lowest BCUT2D eigenvalue weighted by Crippen LogP contribution is -2.52. The van der Waals surface area contributed by atoms with Crippen LogP contribution < -0.4 is 5.32 Å². The van der Waals surface area contributed by atoms with Crippen LogP contribution in [0.1, 0.15) is 6.42 Å². The lowest BCUT2D eigenvalue weighted by atomic mass is 10.1. The Morgan fingerprint density at radius 1 is 1.41 bits per heavy atom. The van der Waals surface area contributed by atoms with Crippen molar-refractivity contribution >= 4 is 17.8 Å². The van der Waals surface area contributed by atoms with Crippen molar-refractivity contribution in [3.8, 4) is 0 Å². The normalized spacial score (nSPS) is 29.6. The van der Waals surface area contributed by atoms with Crippen LogP contribution in [0, 0.1) is 0 Å². The lowest BCUT2D eigenvalue weighted by Gasteiger charge is -2.29. The van der Waals surface area contributed by atoms with Crippen molar-refractivity contribution in [3.05, 3.63) is 0 Å². The number of amides is 2. The van der Waals surface area contributed by atoms with Crippen LogP contribution in [0.4, 0.5) is 0 Å². The highest BCUT2D eigenvalue weighted by Crippen LogP contribution is 2.17. The number of rotatable bonds is 2. The number of morpholine rings is 1. The molecule has 94 valence electrons. The summed E-state index contributed by atoms with van der Waals surface area (Å²) >= 11 is 0. The molecule has 2 fully saturated rings. The largest absolute Gasteiger partial charge is 0.468 e. The van der Waals surface area contributed by atoms with Crippen molar-refractivity contribution in [2.24, 2.45) is 0 Å². The van der Waals surface area contributed by atoms with Crippen LogP contribution in [0.2, 0.25) is 0 Å². The van der Waals surface area contributed by atoms with Gasteiger partial charge in [0.25, 0.3) is 11.8 Å². The summed E-state index contributed by atoms with van der Waals surface area (Å²) in [6.07, 6.45) is 0.393. The maximum absolute atomic E-state index is 11.6. The molecule has 0 radical (unpaired) electrons. The predicted molar refractivity (Wildman–Crippen MR) is 54.9 cm³/mol. The molecule has 2 saturated heterocycles. The van der Waals surface area contributed by atoms with Gasteiger partial charge in [0, 0.05) is 6.54 Å². The van der Waals surface area contributed by atoms with Gasteiger partial charge in [0.15, 0.2) is 0 Å². The molecule has 7 nitrogen and oxygen atoms in total. The minimum absolute atomic E-state index is 0.0782. The molecule has 0 aliphatic carbocycles. The van der Waals surface area contributed by atoms with Crippen LogP contribution in [-0.2, 0) is 23.9 Å². The zero-order valence-electron chi connectivity index (χ0n) is 9.47. The number of nitrogens with one attached hydrogen (secondary N) is 1. The Balaban J connectivity index is 2.02. The number of ether oxygens (including phenoxy) is 2. The summed E-state index contributed by atoms with van der Waals surface area (Å²) in [7, 11) is 1.31. The molecule has 2 amide bonds. The van der Waals surface area contributed by atoms with E-state index in [2.05, 4.69) is 10.1 Å². The Morgan fingerprint density at radius 3 is 2.65 bits per heavy atom. The second kappa shape index (κ2) is 4.80. The van der Waals surface area contributed by atoms with E-state index in [4.69, 9.17) is 4.74 Å². The Hall–Kier alpha value is -1.47. The van der Waals surface area contributed by atoms with Crippen molar-refractivity contribution in [2.45, 2.75) is 18.5 Å². The lowest BCUT2D eigenvalue weighted by molar-refractivity contribution is -0.161. The van der Waals surface area contributed by atoms with E-state index in [0.29, 0.717) is 13.0 Å². The van der Waals surface area contributed by atoms with Crippen molar-refractivity contribution in [1.82, 2.24) is 10.2 Å². The molecule has 0 bridgehead atoms. The molecule has 0 aromatic heterocycles. The molecule has 2 aliphatic rings. The number of hydrogen-bond acceptors (Lipinski definition) is 6. The fourth-order valence-corrected chi connectivity index (χ4v) is 2.15. The van der Waals surface area contributed by atoms with E-state index >= 15 is 0 Å². The first-order chi connectivity index (χ1) is 8.13. The molecule has 0 aromatic carbocycles. The molecular formula is C10H14N2O5. The highest BCUT2D eigenvalue weighted by atomic mass is 16.5. The second-order valence-corrected chi connectivity index (χ2v) is 4.02. The van der Waals surface area contributed by atoms with Crippen LogP contribution in [0.5, 0.6) is 0 Å². The maximum atomic E-state index is 11.6. The van der Waals surface area contributed by atoms with Crippen LogP contribution >= 0.6 is 0 Å². The first kappa shape index (κ1) is 12.0. The molecule has 7 heteroatoms. The van der Waals surface area contributed by atoms with E-state index in [1.807, 2.05) is 0 Å². The van der Waals surface area contributed by atoms with Gasteiger partial charge in [-0.1, -0.05) is 0 Å². The summed E-state index contributed by atoms with van der Waals surface area (Å²) in [5, 5.41) is 2.93. The van der Waals surface area contributed by atoms with E-state index in [-0.39, 0.29) is 37.0 Å². The molecule has 1 N–H and O–H groups in total. The summed E-state index contributed by atoms with van der Waals surface area (Å²) in [5.74, 6) is -1.07. The standard InChI is InChI=1S/C10H14N2O5/c1-16-10(15)7-2-6(3-11-7)12-8(13)4-17-5-9(12)14/h6-7,11H,2-5H2,1H3/t6-,7+/m0/s1. The van der Waals surface area contributed by atoms with Crippen molar-refractivity contribution in [2.75, 3.05) is 26.9 Å². The summed E-state index contributed by atoms with van der Waals surface area (Å²) in [6, 6.07) is -0.739. The van der Waals surface area contributed by atoms with Gasteiger partial charge in [-0.05, 0) is 6.42 Å². The number of carbonyl (C=O) groups is 3. The number of carbonyl (C=O) groups excluding carboxylic acids is 3. The van der Waals surface area contributed by atoms with Gasteiger partial charge in [0.2, 0.25) is 0 Å². The topological polar surface area (TPSA) is 84.9 Å². The highest BCUT2D eigenvalue weighted by Gasteiger charge is 2.39. The molecule has 2 heterocycles. The van der Waals surface area contributed by atoms with E-state index in [1.54, 1.807) is 0 Å². The van der Waals surface area contributed by atoms with Crippen molar-refractivity contribution in [1.29, 1.82) is 0 Å². The van der Waals surface area contributed by atoms with Gasteiger partial charge in [-0.15, -0.1) is 0 Å². The maximum Gasteiger partial charge on any atom is 0.322 e. The number of esters is 1. The number of methoxy groups -OCH3 is 1. The molecule has 2 aliphatic heterocycles. The van der Waals surface area contributed by atoms with Gasteiger partial charge in [0.05, 0.1) is 13.2 Å². The molecular weight excluding hydrogens is 228 g/mol. The van der Waals surface area contributed by atoms with E-state index in [9.17, 15) is 14.4 Å². The smallest absolute Gasteiger partial charge is 0.322 e. The van der Waals surface area contributed by atoms with Gasteiger partial charge in [-0.3, -0.25) is 19.3 Å². The highest BCUT2D eigenvalue weighted by molar-refractivity contribution is 5.98. The van der Waals surface area contributed by atoms with Gasteiger partial charge in [-0.2, -0.15) is 0 Å². The van der Waals surface area contributed by atoms with Crippen LogP contribution in [0.25, 0.3) is 0 Å². The molecule has 2 atom stereocenters. The minimum Gasteiger partial charge on any atom is -0.468 e. The Kier molecular flexibility index (Phi) is 3.39. The van der Waals surface area contributed by atoms with Gasteiger partial charge in [0.1, 0.15) is 19.3 Å². The fourth-order valence-electron chi connectivity index (χ4n) is 2.15. The third kappa shape index (κ3) is 2.29. The third-order valence-corrected chi connectivity index (χ3v) is 2.95. The SMILES string of the molecule is COC(=O)[C@H]1C[C@H](N2C(=O)COCC2=O)CN1. The molecule has 0 unspecified atom stereocenters. The van der Waals surface area contributed by atoms with E-state index < -0.39 is 6.04 Å². The summed E-state index contributed by atoms with van der Waals surface area (Å²) in [6.45, 7) is 0.257. The minimum atomic E-state index is -0.451. The quantitative estimate of drug-likeness (QED) is 0.458. The predicted octanol–water partition coefficient (Wildman–Crippen LogP) is -1.72. The molecule has 2 rings (SSSR count). The average molecular weight is 242 g/mol. The van der Waals surface area contributed by atoms with Crippen molar-refractivity contribution < 1.29 is 23.9 Å². The van der Waals surface area contributed by atoms with Crippen LogP contribution in [-0.4, -0.2) is 61.6 Å². The van der Waals surface area contributed by atoms with Crippen LogP contribution in [0.15, 0.2) is 0 Å². The van der Waals surface area contributed by atoms with Gasteiger partial charge in [-0.25, -0.2) is 0 Å². The Bertz CT molecular complexity index is 341. The summed E-state index contributed by atoms with van der Waals surface area (Å²) in [5.41, 5.74) is 0. The van der Waals surface area contributed by atoms with E-state index in [1.165, 1.54) is 12.0 Å². The summed E-state index contributed by atoms with van der Waals surface area (Å²) < 4.78 is 9.44. The number of hydrogen-bond donors (Lipinski definition) is 1. The van der Waals surface area contributed by atoms with Gasteiger partial charge < -0.3 is 14.8 Å². The number of imide groups is 1. The summed E-state index contributed by atoms with van der Waals surface area (Å²) in [4.78, 5) is 35.6. The Morgan fingerprint density at radius 2 is 2.06 bits per heavy atom. The van der Waals surface area contributed by atoms with Crippen LogP contribution in [0.3, 0.4) is 0 Å². The molecule has 0 saturated carbocycles. The monoisotopic (exact) mass is 242 g/mol. The molecule has 17 heavy (non-hydrogen) atoms. The number of nitrogens with zero attached hydrogens (tertiary/aromatic N) is 1. The molecule has 0 aromatic rings. The average Bonchev–Trinajstić information content (AvgIpc) is 2.77. The third-order valence-electron chi connectivity index (χ3n) is 2.95. The van der Waals surface area contributed by atoms with Crippen molar-refractivity contribution in [3.63, 3.8) is 0 Å². The first-order valence-electron chi connectivity index (χ1n) is 5.37. The second-order valence-electron chi connectivity index (χ2n) is 4.02. The molecule has 0 spiro atoms. The zero-order valence-corrected chi connectivity index (χ0v) is 9.47.